The van der Waals surface area contributed by atoms with Crippen molar-refractivity contribution in [3.05, 3.63) is 40.3 Å². The SMILES string of the molecule is CCCn1nc(C(=O)OCC(=O)NC(=O)NC2CCCC2)c2ccccc2c1=O. The average Bonchev–Trinajstić information content (AvgIpc) is 3.21. The molecule has 154 valence electrons. The van der Waals surface area contributed by atoms with Gasteiger partial charge in [0.15, 0.2) is 12.3 Å². The van der Waals surface area contributed by atoms with Gasteiger partial charge in [0.05, 0.1) is 5.39 Å². The fraction of sp³-hybridized carbons (Fsp3) is 0.450. The first kappa shape index (κ1) is 20.5. The molecule has 1 saturated carbocycles. The van der Waals surface area contributed by atoms with Crippen LogP contribution in [0.3, 0.4) is 0 Å². The van der Waals surface area contributed by atoms with Crippen molar-refractivity contribution in [3.8, 4) is 0 Å². The summed E-state index contributed by atoms with van der Waals surface area (Å²) in [6.07, 6.45) is 4.55. The number of nitrogens with one attached hydrogen (secondary N) is 2. The van der Waals surface area contributed by atoms with Crippen LogP contribution >= 0.6 is 0 Å². The number of aryl methyl sites for hydroxylation is 1. The van der Waals surface area contributed by atoms with Crippen molar-refractivity contribution in [2.75, 3.05) is 6.61 Å². The quantitative estimate of drug-likeness (QED) is 0.713. The van der Waals surface area contributed by atoms with Crippen LogP contribution in [-0.2, 0) is 16.1 Å². The highest BCUT2D eigenvalue weighted by atomic mass is 16.5. The summed E-state index contributed by atoms with van der Waals surface area (Å²) in [6.45, 7) is 1.62. The van der Waals surface area contributed by atoms with Crippen molar-refractivity contribution in [1.82, 2.24) is 20.4 Å². The number of ether oxygens (including phenoxy) is 1. The molecular formula is C20H24N4O5. The lowest BCUT2D eigenvalue weighted by Gasteiger charge is -2.12. The number of aromatic nitrogens is 2. The lowest BCUT2D eigenvalue weighted by molar-refractivity contribution is -0.123. The summed E-state index contributed by atoms with van der Waals surface area (Å²) >= 11 is 0. The number of nitrogens with zero attached hydrogens (tertiary/aromatic N) is 2. The number of benzene rings is 1. The first-order valence-corrected chi connectivity index (χ1v) is 9.77. The van der Waals surface area contributed by atoms with Crippen LogP contribution in [0.25, 0.3) is 10.8 Å². The first-order valence-electron chi connectivity index (χ1n) is 9.77. The number of imide groups is 1. The molecule has 1 aliphatic carbocycles. The van der Waals surface area contributed by atoms with E-state index in [0.29, 0.717) is 23.7 Å². The first-order chi connectivity index (χ1) is 14.0. The highest BCUT2D eigenvalue weighted by molar-refractivity contribution is 6.03. The van der Waals surface area contributed by atoms with E-state index in [1.54, 1.807) is 24.3 Å². The zero-order valence-corrected chi connectivity index (χ0v) is 16.3. The summed E-state index contributed by atoms with van der Waals surface area (Å²) in [5.41, 5.74) is -0.336. The standard InChI is InChI=1S/C20H24N4O5/c1-2-11-24-18(26)15-10-6-5-9-14(15)17(23-24)19(27)29-12-16(25)22-20(28)21-13-7-3-4-8-13/h5-6,9-10,13H,2-4,7-8,11-12H2,1H3,(H2,21,22,25,28). The number of hydrogen-bond acceptors (Lipinski definition) is 6. The zero-order chi connectivity index (χ0) is 20.8. The Balaban J connectivity index is 1.66. The monoisotopic (exact) mass is 400 g/mol. The van der Waals surface area contributed by atoms with E-state index in [2.05, 4.69) is 15.7 Å². The van der Waals surface area contributed by atoms with Crippen LogP contribution in [0.4, 0.5) is 4.79 Å². The summed E-state index contributed by atoms with van der Waals surface area (Å²) < 4.78 is 6.25. The molecule has 1 aliphatic rings. The van der Waals surface area contributed by atoms with Crippen molar-refractivity contribution in [2.24, 2.45) is 0 Å². The van der Waals surface area contributed by atoms with Crippen molar-refractivity contribution in [1.29, 1.82) is 0 Å². The molecule has 3 amide bonds. The molecule has 0 atom stereocenters. The smallest absolute Gasteiger partial charge is 0.359 e. The minimum absolute atomic E-state index is 0.0446. The van der Waals surface area contributed by atoms with Crippen molar-refractivity contribution < 1.29 is 19.1 Å². The summed E-state index contributed by atoms with van der Waals surface area (Å²) in [6, 6.07) is 6.07. The van der Waals surface area contributed by atoms with E-state index in [1.165, 1.54) is 4.68 Å². The summed E-state index contributed by atoms with van der Waals surface area (Å²) in [5, 5.41) is 9.69. The number of esters is 1. The van der Waals surface area contributed by atoms with Gasteiger partial charge in [-0.3, -0.25) is 14.9 Å². The third-order valence-corrected chi connectivity index (χ3v) is 4.77. The second-order valence-electron chi connectivity index (χ2n) is 7.00. The van der Waals surface area contributed by atoms with E-state index in [4.69, 9.17) is 4.74 Å². The molecule has 0 bridgehead atoms. The normalized spacial score (nSPS) is 14.0. The minimum atomic E-state index is -0.836. The van der Waals surface area contributed by atoms with E-state index in [0.717, 1.165) is 25.7 Å². The Morgan fingerprint density at radius 1 is 1.17 bits per heavy atom. The van der Waals surface area contributed by atoms with Crippen molar-refractivity contribution in [2.45, 2.75) is 51.6 Å². The Labute approximate surface area is 167 Å². The van der Waals surface area contributed by atoms with Gasteiger partial charge in [-0.05, 0) is 25.3 Å². The fourth-order valence-corrected chi connectivity index (χ4v) is 3.40. The Bertz CT molecular complexity index is 978. The largest absolute Gasteiger partial charge is 0.451 e. The molecule has 0 unspecified atom stereocenters. The van der Waals surface area contributed by atoms with Crippen LogP contribution in [-0.4, -0.2) is 40.3 Å². The van der Waals surface area contributed by atoms with Crippen LogP contribution < -0.4 is 16.2 Å². The molecule has 3 rings (SSSR count). The Morgan fingerprint density at radius 3 is 2.55 bits per heavy atom. The second kappa shape index (κ2) is 9.31. The van der Waals surface area contributed by atoms with E-state index in [1.807, 2.05) is 6.92 Å². The highest BCUT2D eigenvalue weighted by Gasteiger charge is 2.21. The number of rotatable bonds is 6. The second-order valence-corrected chi connectivity index (χ2v) is 7.00. The predicted molar refractivity (Wildman–Crippen MR) is 106 cm³/mol. The van der Waals surface area contributed by atoms with Gasteiger partial charge < -0.3 is 10.1 Å². The van der Waals surface area contributed by atoms with Crippen LogP contribution in [0.15, 0.2) is 29.1 Å². The van der Waals surface area contributed by atoms with E-state index >= 15 is 0 Å². The average molecular weight is 400 g/mol. The molecule has 1 aromatic heterocycles. The molecule has 9 nitrogen and oxygen atoms in total. The molecule has 1 aromatic carbocycles. The van der Waals surface area contributed by atoms with Crippen molar-refractivity contribution in [3.63, 3.8) is 0 Å². The van der Waals surface area contributed by atoms with Gasteiger partial charge in [-0.15, -0.1) is 0 Å². The molecule has 1 fully saturated rings. The molecule has 2 N–H and O–H groups in total. The van der Waals surface area contributed by atoms with Gasteiger partial charge in [0.1, 0.15) is 0 Å². The molecule has 1 heterocycles. The Morgan fingerprint density at radius 2 is 1.86 bits per heavy atom. The molecule has 2 aromatic rings. The van der Waals surface area contributed by atoms with E-state index < -0.39 is 24.5 Å². The molecule has 29 heavy (non-hydrogen) atoms. The third-order valence-electron chi connectivity index (χ3n) is 4.77. The molecular weight excluding hydrogens is 376 g/mol. The van der Waals surface area contributed by atoms with Gasteiger partial charge in [-0.25, -0.2) is 14.3 Å². The van der Waals surface area contributed by atoms with Crippen LogP contribution in [0.2, 0.25) is 0 Å². The minimum Gasteiger partial charge on any atom is -0.451 e. The maximum absolute atomic E-state index is 12.5. The summed E-state index contributed by atoms with van der Waals surface area (Å²) in [5.74, 6) is -1.57. The van der Waals surface area contributed by atoms with Crippen LogP contribution in [0.5, 0.6) is 0 Å². The van der Waals surface area contributed by atoms with Crippen LogP contribution in [0, 0.1) is 0 Å². The predicted octanol–water partition coefficient (Wildman–Crippen LogP) is 1.73. The lowest BCUT2D eigenvalue weighted by atomic mass is 10.1. The molecule has 0 saturated heterocycles. The zero-order valence-electron chi connectivity index (χ0n) is 16.3. The van der Waals surface area contributed by atoms with Crippen LogP contribution in [0.1, 0.15) is 49.5 Å². The number of carbonyl (C=O) groups is 3. The number of urea groups is 1. The number of carbonyl (C=O) groups excluding carboxylic acids is 3. The van der Waals surface area contributed by atoms with Gasteiger partial charge in [-0.2, -0.15) is 5.10 Å². The van der Waals surface area contributed by atoms with Gasteiger partial charge >= 0.3 is 12.0 Å². The van der Waals surface area contributed by atoms with Gasteiger partial charge in [0.25, 0.3) is 11.5 Å². The molecule has 0 radical (unpaired) electrons. The summed E-state index contributed by atoms with van der Waals surface area (Å²) in [4.78, 5) is 48.7. The highest BCUT2D eigenvalue weighted by Crippen LogP contribution is 2.17. The molecule has 0 aliphatic heterocycles. The Kier molecular flexibility index (Phi) is 6.58. The third kappa shape index (κ3) is 4.98. The summed E-state index contributed by atoms with van der Waals surface area (Å²) in [7, 11) is 0. The van der Waals surface area contributed by atoms with Crippen molar-refractivity contribution >= 4 is 28.7 Å². The van der Waals surface area contributed by atoms with Gasteiger partial charge in [0, 0.05) is 18.0 Å². The van der Waals surface area contributed by atoms with E-state index in [9.17, 15) is 19.2 Å². The number of fused-ring (bicyclic) bond motifs is 1. The Hall–Kier alpha value is -3.23. The topological polar surface area (TPSA) is 119 Å². The maximum atomic E-state index is 12.5. The molecule has 9 heteroatoms. The van der Waals surface area contributed by atoms with Gasteiger partial charge in [-0.1, -0.05) is 38.0 Å². The lowest BCUT2D eigenvalue weighted by Crippen LogP contribution is -2.45. The fourth-order valence-electron chi connectivity index (χ4n) is 3.40. The molecule has 0 spiro atoms. The number of amides is 3. The van der Waals surface area contributed by atoms with E-state index in [-0.39, 0.29) is 17.3 Å². The maximum Gasteiger partial charge on any atom is 0.359 e. The number of hydrogen-bond donors (Lipinski definition) is 2. The van der Waals surface area contributed by atoms with Gasteiger partial charge in [0.2, 0.25) is 0 Å².